The van der Waals surface area contributed by atoms with Gasteiger partial charge in [0.05, 0.1) is 22.8 Å². The Morgan fingerprint density at radius 2 is 2.00 bits per heavy atom. The lowest BCUT2D eigenvalue weighted by Gasteiger charge is -2.12. The van der Waals surface area contributed by atoms with E-state index in [1.165, 1.54) is 10.9 Å². The fourth-order valence-electron chi connectivity index (χ4n) is 1.55. The molecule has 0 spiro atoms. The molecule has 0 unspecified atom stereocenters. The average Bonchev–Trinajstić information content (AvgIpc) is 2.65. The molecule has 0 N–H and O–H groups in total. The summed E-state index contributed by atoms with van der Waals surface area (Å²) in [5.74, 6) is -0.910. The Hall–Kier alpha value is -1.37. The molecule has 18 heavy (non-hydrogen) atoms. The van der Waals surface area contributed by atoms with Crippen molar-refractivity contribution < 1.29 is 17.6 Å². The third kappa shape index (κ3) is 2.90. The van der Waals surface area contributed by atoms with Gasteiger partial charge in [-0.15, -0.1) is 0 Å². The maximum atomic E-state index is 12.9. The summed E-state index contributed by atoms with van der Waals surface area (Å²) in [5.41, 5.74) is -1.01. The molecule has 0 saturated carbocycles. The van der Waals surface area contributed by atoms with Gasteiger partial charge < -0.3 is 0 Å². The van der Waals surface area contributed by atoms with Gasteiger partial charge in [-0.3, -0.25) is 4.68 Å². The summed E-state index contributed by atoms with van der Waals surface area (Å²) >= 11 is 3.15. The molecule has 7 heteroatoms. The van der Waals surface area contributed by atoms with Gasteiger partial charge in [-0.25, -0.2) is 4.39 Å². The number of benzene rings is 1. The summed E-state index contributed by atoms with van der Waals surface area (Å²) in [7, 11) is 0. The van der Waals surface area contributed by atoms with Crippen LogP contribution < -0.4 is 0 Å². The summed E-state index contributed by atoms with van der Waals surface area (Å²) in [6.45, 7) is -0.0687. The molecule has 0 saturated heterocycles. The molecule has 2 nitrogen and oxygen atoms in total. The minimum Gasteiger partial charge on any atom is -0.267 e. The van der Waals surface area contributed by atoms with E-state index in [1.54, 1.807) is 6.20 Å². The third-order valence-electron chi connectivity index (χ3n) is 2.31. The SMILES string of the molecule is Fc1ccc(Cn2cc(Br)cn2)c(C(F)(F)F)c1. The molecule has 0 radical (unpaired) electrons. The zero-order valence-corrected chi connectivity index (χ0v) is 10.5. The van der Waals surface area contributed by atoms with Gasteiger partial charge in [-0.1, -0.05) is 6.07 Å². The van der Waals surface area contributed by atoms with Crippen molar-refractivity contribution >= 4 is 15.9 Å². The normalized spacial score (nSPS) is 11.8. The Balaban J connectivity index is 2.38. The Kier molecular flexibility index (Phi) is 3.43. The molecule has 0 aliphatic carbocycles. The first-order valence-electron chi connectivity index (χ1n) is 4.90. The topological polar surface area (TPSA) is 17.8 Å². The standard InChI is InChI=1S/C11H7BrF4N2/c12-8-4-17-18(6-8)5-7-1-2-9(13)3-10(7)11(14,15)16/h1-4,6H,5H2. The van der Waals surface area contributed by atoms with Gasteiger partial charge >= 0.3 is 6.18 Å². The molecular weight excluding hydrogens is 316 g/mol. The van der Waals surface area contributed by atoms with Crippen LogP contribution in [-0.2, 0) is 12.7 Å². The monoisotopic (exact) mass is 322 g/mol. The summed E-state index contributed by atoms with van der Waals surface area (Å²) in [4.78, 5) is 0. The second-order valence-electron chi connectivity index (χ2n) is 3.66. The van der Waals surface area contributed by atoms with Crippen molar-refractivity contribution in [3.63, 3.8) is 0 Å². The van der Waals surface area contributed by atoms with E-state index in [2.05, 4.69) is 21.0 Å². The van der Waals surface area contributed by atoms with Crippen LogP contribution in [-0.4, -0.2) is 9.78 Å². The van der Waals surface area contributed by atoms with Crippen molar-refractivity contribution in [3.8, 4) is 0 Å². The lowest BCUT2D eigenvalue weighted by atomic mass is 10.1. The van der Waals surface area contributed by atoms with Crippen molar-refractivity contribution in [2.45, 2.75) is 12.7 Å². The van der Waals surface area contributed by atoms with Gasteiger partial charge in [0, 0.05) is 6.20 Å². The minimum atomic E-state index is -4.58. The van der Waals surface area contributed by atoms with Crippen LogP contribution in [0.4, 0.5) is 17.6 Å². The number of hydrogen-bond acceptors (Lipinski definition) is 1. The predicted octanol–water partition coefficient (Wildman–Crippen LogP) is 3.85. The molecule has 0 fully saturated rings. The van der Waals surface area contributed by atoms with Gasteiger partial charge in [-0.05, 0) is 33.6 Å². The van der Waals surface area contributed by atoms with Crippen LogP contribution in [0.15, 0.2) is 35.1 Å². The van der Waals surface area contributed by atoms with Crippen LogP contribution in [0.3, 0.4) is 0 Å². The van der Waals surface area contributed by atoms with Crippen LogP contribution in [0.2, 0.25) is 0 Å². The first-order chi connectivity index (χ1) is 8.36. The zero-order valence-electron chi connectivity index (χ0n) is 8.88. The van der Waals surface area contributed by atoms with E-state index in [1.807, 2.05) is 0 Å². The van der Waals surface area contributed by atoms with Gasteiger partial charge in [0.2, 0.25) is 0 Å². The summed E-state index contributed by atoms with van der Waals surface area (Å²) in [6, 6.07) is 2.62. The molecule has 96 valence electrons. The first-order valence-corrected chi connectivity index (χ1v) is 5.69. The fourth-order valence-corrected chi connectivity index (χ4v) is 1.88. The van der Waals surface area contributed by atoms with Crippen LogP contribution in [0.25, 0.3) is 0 Å². The smallest absolute Gasteiger partial charge is 0.267 e. The summed E-state index contributed by atoms with van der Waals surface area (Å²) < 4.78 is 53.1. The lowest BCUT2D eigenvalue weighted by molar-refractivity contribution is -0.138. The highest BCUT2D eigenvalue weighted by Crippen LogP contribution is 2.32. The summed E-state index contributed by atoms with van der Waals surface area (Å²) in [5, 5.41) is 3.87. The number of hydrogen-bond donors (Lipinski definition) is 0. The number of alkyl halides is 3. The first kappa shape index (κ1) is 13.1. The Bertz CT molecular complexity index is 562. The van der Waals surface area contributed by atoms with Gasteiger partial charge in [-0.2, -0.15) is 18.3 Å². The zero-order chi connectivity index (χ0) is 13.3. The quantitative estimate of drug-likeness (QED) is 0.768. The molecule has 0 amide bonds. The molecule has 0 bridgehead atoms. The van der Waals surface area contributed by atoms with Crippen LogP contribution >= 0.6 is 15.9 Å². The molecule has 1 aromatic heterocycles. The maximum absolute atomic E-state index is 12.9. The second-order valence-corrected chi connectivity index (χ2v) is 4.57. The number of halogens is 5. The molecule has 2 aromatic rings. The molecule has 2 rings (SSSR count). The molecule has 0 atom stereocenters. The number of nitrogens with zero attached hydrogens (tertiary/aromatic N) is 2. The van der Waals surface area contributed by atoms with Crippen molar-refractivity contribution in [1.29, 1.82) is 0 Å². The molecule has 0 aliphatic rings. The van der Waals surface area contributed by atoms with E-state index < -0.39 is 17.6 Å². The second kappa shape index (κ2) is 4.72. The van der Waals surface area contributed by atoms with Crippen molar-refractivity contribution in [1.82, 2.24) is 9.78 Å². The Labute approximate surface area is 108 Å². The number of rotatable bonds is 2. The molecule has 0 aliphatic heterocycles. The maximum Gasteiger partial charge on any atom is 0.416 e. The van der Waals surface area contributed by atoms with Crippen molar-refractivity contribution in [3.05, 3.63) is 52.0 Å². The van der Waals surface area contributed by atoms with Crippen LogP contribution in [0.1, 0.15) is 11.1 Å². The van der Waals surface area contributed by atoms with Crippen molar-refractivity contribution in [2.24, 2.45) is 0 Å². The van der Waals surface area contributed by atoms with Gasteiger partial charge in [0.1, 0.15) is 5.82 Å². The molecule has 1 aromatic carbocycles. The highest BCUT2D eigenvalue weighted by molar-refractivity contribution is 9.10. The predicted molar refractivity (Wildman–Crippen MR) is 60.4 cm³/mol. The van der Waals surface area contributed by atoms with Crippen LogP contribution in [0, 0.1) is 5.82 Å². The van der Waals surface area contributed by atoms with E-state index in [0.29, 0.717) is 10.5 Å². The third-order valence-corrected chi connectivity index (χ3v) is 2.72. The van der Waals surface area contributed by atoms with E-state index in [4.69, 9.17) is 0 Å². The molecule has 1 heterocycles. The minimum absolute atomic E-state index is 0.0282. The molecular formula is C11H7BrF4N2. The largest absolute Gasteiger partial charge is 0.416 e. The van der Waals surface area contributed by atoms with Crippen molar-refractivity contribution in [2.75, 3.05) is 0 Å². The highest BCUT2D eigenvalue weighted by Gasteiger charge is 2.33. The fraction of sp³-hybridized carbons (Fsp3) is 0.182. The van der Waals surface area contributed by atoms with Gasteiger partial charge in [0.25, 0.3) is 0 Å². The number of aromatic nitrogens is 2. The van der Waals surface area contributed by atoms with E-state index in [9.17, 15) is 17.6 Å². The Morgan fingerprint density at radius 3 is 2.56 bits per heavy atom. The lowest BCUT2D eigenvalue weighted by Crippen LogP contribution is -2.12. The van der Waals surface area contributed by atoms with Gasteiger partial charge in [0.15, 0.2) is 0 Å². The van der Waals surface area contributed by atoms with E-state index in [-0.39, 0.29) is 12.1 Å². The average molecular weight is 323 g/mol. The van der Waals surface area contributed by atoms with E-state index in [0.717, 1.165) is 12.1 Å². The summed E-state index contributed by atoms with van der Waals surface area (Å²) in [6.07, 6.45) is -1.57. The van der Waals surface area contributed by atoms with E-state index >= 15 is 0 Å². The van der Waals surface area contributed by atoms with Crippen LogP contribution in [0.5, 0.6) is 0 Å². The highest BCUT2D eigenvalue weighted by atomic mass is 79.9. The Morgan fingerprint density at radius 1 is 1.28 bits per heavy atom.